The fourth-order valence-electron chi connectivity index (χ4n) is 4.15. The molecule has 5 nitrogen and oxygen atoms in total. The molecule has 0 aliphatic carbocycles. The van der Waals surface area contributed by atoms with Gasteiger partial charge in [0.25, 0.3) is 0 Å². The Morgan fingerprint density at radius 3 is 2.78 bits per heavy atom. The van der Waals surface area contributed by atoms with Crippen LogP contribution in [0.2, 0.25) is 0 Å². The zero-order chi connectivity index (χ0) is 22.2. The predicted octanol–water partition coefficient (Wildman–Crippen LogP) is 6.45. The fourth-order valence-corrected chi connectivity index (χ4v) is 4.15. The summed E-state index contributed by atoms with van der Waals surface area (Å²) in [5.74, 6) is -0.807. The number of amides is 2. The Morgan fingerprint density at radius 1 is 1.12 bits per heavy atom. The number of carbonyl (C=O) groups is 1. The minimum absolute atomic E-state index is 0.196. The molecule has 0 spiro atoms. The van der Waals surface area contributed by atoms with Crippen LogP contribution in [0.1, 0.15) is 30.3 Å². The van der Waals surface area contributed by atoms with E-state index in [2.05, 4.69) is 10.3 Å². The number of hydrogen-bond acceptors (Lipinski definition) is 3. The Balaban J connectivity index is 1.42. The van der Waals surface area contributed by atoms with Crippen molar-refractivity contribution in [3.05, 3.63) is 83.8 Å². The Hall–Kier alpha value is -3.74. The molecule has 4 aromatic rings. The first kappa shape index (κ1) is 20.2. The summed E-state index contributed by atoms with van der Waals surface area (Å²) in [7, 11) is 0. The molecule has 3 aromatic carbocycles. The van der Waals surface area contributed by atoms with Crippen molar-refractivity contribution < 1.29 is 18.0 Å². The maximum absolute atomic E-state index is 14.2. The van der Waals surface area contributed by atoms with E-state index < -0.39 is 11.6 Å². The third-order valence-corrected chi connectivity index (χ3v) is 5.83. The maximum atomic E-state index is 14.2. The molecule has 5 rings (SSSR count). The number of benzene rings is 3. The van der Waals surface area contributed by atoms with Crippen LogP contribution >= 0.6 is 0 Å². The SMILES string of the molecule is Cc1ccccc1NC(=O)N1CCCC1c1nc2cc(-c3ccc(F)cc3F)ccc2o1. The second-order valence-corrected chi connectivity index (χ2v) is 7.96. The third-order valence-electron chi connectivity index (χ3n) is 5.83. The van der Waals surface area contributed by atoms with E-state index in [9.17, 15) is 13.6 Å². The average Bonchev–Trinajstić information content (AvgIpc) is 3.41. The van der Waals surface area contributed by atoms with Crippen molar-refractivity contribution in [2.45, 2.75) is 25.8 Å². The van der Waals surface area contributed by atoms with Gasteiger partial charge in [-0.25, -0.2) is 18.6 Å². The van der Waals surface area contributed by atoms with E-state index >= 15 is 0 Å². The highest BCUT2D eigenvalue weighted by Gasteiger charge is 2.33. The maximum Gasteiger partial charge on any atom is 0.322 e. The molecule has 1 aliphatic rings. The van der Waals surface area contributed by atoms with Crippen LogP contribution in [0.3, 0.4) is 0 Å². The molecule has 1 N–H and O–H groups in total. The molecule has 32 heavy (non-hydrogen) atoms. The summed E-state index contributed by atoms with van der Waals surface area (Å²) in [5, 5.41) is 2.97. The number of nitrogens with zero attached hydrogens (tertiary/aromatic N) is 2. The number of para-hydroxylation sites is 1. The lowest BCUT2D eigenvalue weighted by molar-refractivity contribution is 0.199. The summed E-state index contributed by atoms with van der Waals surface area (Å²) in [6, 6.07) is 15.8. The second kappa shape index (κ2) is 8.07. The Kier molecular flexibility index (Phi) is 5.09. The van der Waals surface area contributed by atoms with Crippen LogP contribution < -0.4 is 5.32 Å². The first-order valence-electron chi connectivity index (χ1n) is 10.5. The van der Waals surface area contributed by atoms with Crippen molar-refractivity contribution in [3.63, 3.8) is 0 Å². The lowest BCUT2D eigenvalue weighted by Gasteiger charge is -2.23. The monoisotopic (exact) mass is 433 g/mol. The molecule has 0 radical (unpaired) electrons. The van der Waals surface area contributed by atoms with Gasteiger partial charge in [0.15, 0.2) is 5.58 Å². The van der Waals surface area contributed by atoms with Gasteiger partial charge in [0.2, 0.25) is 5.89 Å². The van der Waals surface area contributed by atoms with Crippen LogP contribution in [0.4, 0.5) is 19.3 Å². The average molecular weight is 433 g/mol. The molecule has 2 heterocycles. The second-order valence-electron chi connectivity index (χ2n) is 7.96. The first-order chi connectivity index (χ1) is 15.5. The van der Waals surface area contributed by atoms with Crippen molar-refractivity contribution in [1.29, 1.82) is 0 Å². The van der Waals surface area contributed by atoms with E-state index in [1.165, 1.54) is 12.1 Å². The quantitative estimate of drug-likeness (QED) is 0.404. The van der Waals surface area contributed by atoms with Crippen molar-refractivity contribution in [3.8, 4) is 11.1 Å². The zero-order valence-corrected chi connectivity index (χ0v) is 17.4. The molecule has 0 bridgehead atoms. The number of oxazole rings is 1. The number of hydrogen-bond donors (Lipinski definition) is 1. The largest absolute Gasteiger partial charge is 0.438 e. The summed E-state index contributed by atoms with van der Waals surface area (Å²) in [6.45, 7) is 2.55. The number of carbonyl (C=O) groups excluding carboxylic acids is 1. The molecule has 0 saturated carbocycles. The van der Waals surface area contributed by atoms with E-state index in [1.807, 2.05) is 31.2 Å². The zero-order valence-electron chi connectivity index (χ0n) is 17.4. The highest BCUT2D eigenvalue weighted by Crippen LogP contribution is 2.35. The summed E-state index contributed by atoms with van der Waals surface area (Å²) >= 11 is 0. The fraction of sp³-hybridized carbons (Fsp3) is 0.200. The summed E-state index contributed by atoms with van der Waals surface area (Å²) in [4.78, 5) is 19.3. The third kappa shape index (κ3) is 3.70. The molecule has 1 aromatic heterocycles. The van der Waals surface area contributed by atoms with Gasteiger partial charge in [0, 0.05) is 23.9 Å². The topological polar surface area (TPSA) is 58.4 Å². The van der Waals surface area contributed by atoms with Gasteiger partial charge in [0.1, 0.15) is 23.2 Å². The number of urea groups is 1. The standard InChI is InChI=1S/C25H21F2N3O2/c1-15-5-2-3-6-20(15)29-25(31)30-12-4-7-22(30)24-28-21-13-16(8-11-23(21)32-24)18-10-9-17(26)14-19(18)27/h2-3,5-6,8-11,13-14,22H,4,7,12H2,1H3,(H,29,31). The number of halogens is 2. The molecule has 1 unspecified atom stereocenters. The molecule has 1 saturated heterocycles. The highest BCUT2D eigenvalue weighted by atomic mass is 19.1. The van der Waals surface area contributed by atoms with E-state index in [-0.39, 0.29) is 17.6 Å². The van der Waals surface area contributed by atoms with Crippen molar-refractivity contribution in [2.24, 2.45) is 0 Å². The van der Waals surface area contributed by atoms with E-state index in [0.29, 0.717) is 29.1 Å². The molecule has 1 aliphatic heterocycles. The minimum atomic E-state index is -0.636. The van der Waals surface area contributed by atoms with Gasteiger partial charge < -0.3 is 14.6 Å². The molecule has 7 heteroatoms. The van der Waals surface area contributed by atoms with Gasteiger partial charge in [0.05, 0.1) is 0 Å². The number of likely N-dealkylation sites (tertiary alicyclic amines) is 1. The number of fused-ring (bicyclic) bond motifs is 1. The molecule has 1 fully saturated rings. The van der Waals surface area contributed by atoms with Gasteiger partial charge >= 0.3 is 6.03 Å². The van der Waals surface area contributed by atoms with Crippen LogP contribution in [0, 0.1) is 18.6 Å². The molecule has 1 atom stereocenters. The molecule has 2 amide bonds. The van der Waals surface area contributed by atoms with Crippen LogP contribution in [0.15, 0.2) is 65.1 Å². The molecule has 162 valence electrons. The highest BCUT2D eigenvalue weighted by molar-refractivity contribution is 5.90. The minimum Gasteiger partial charge on any atom is -0.438 e. The van der Waals surface area contributed by atoms with Crippen LogP contribution in [-0.4, -0.2) is 22.5 Å². The number of aromatic nitrogens is 1. The Morgan fingerprint density at radius 2 is 1.97 bits per heavy atom. The smallest absolute Gasteiger partial charge is 0.322 e. The number of anilines is 1. The molecular formula is C25H21F2N3O2. The van der Waals surface area contributed by atoms with Gasteiger partial charge in [-0.2, -0.15) is 0 Å². The van der Waals surface area contributed by atoms with Gasteiger partial charge in [-0.05, 0) is 61.2 Å². The van der Waals surface area contributed by atoms with Crippen LogP contribution in [-0.2, 0) is 0 Å². The van der Waals surface area contributed by atoms with Crippen molar-refractivity contribution in [2.75, 3.05) is 11.9 Å². The molecular weight excluding hydrogens is 412 g/mol. The lowest BCUT2D eigenvalue weighted by atomic mass is 10.0. The van der Waals surface area contributed by atoms with Gasteiger partial charge in [-0.15, -0.1) is 0 Å². The van der Waals surface area contributed by atoms with Gasteiger partial charge in [-0.1, -0.05) is 24.3 Å². The predicted molar refractivity (Wildman–Crippen MR) is 118 cm³/mol. The summed E-state index contributed by atoms with van der Waals surface area (Å²) < 4.78 is 33.4. The van der Waals surface area contributed by atoms with E-state index in [4.69, 9.17) is 4.42 Å². The van der Waals surface area contributed by atoms with Gasteiger partial charge in [-0.3, -0.25) is 0 Å². The summed E-state index contributed by atoms with van der Waals surface area (Å²) in [6.07, 6.45) is 1.59. The van der Waals surface area contributed by atoms with Crippen LogP contribution in [0.25, 0.3) is 22.2 Å². The van der Waals surface area contributed by atoms with Crippen LogP contribution in [0.5, 0.6) is 0 Å². The lowest BCUT2D eigenvalue weighted by Crippen LogP contribution is -2.34. The number of nitrogens with one attached hydrogen (secondary N) is 1. The van der Waals surface area contributed by atoms with E-state index in [0.717, 1.165) is 30.2 Å². The number of aryl methyl sites for hydroxylation is 1. The normalized spacial score (nSPS) is 16.0. The Bertz CT molecular complexity index is 1320. The Labute approximate surface area is 183 Å². The summed E-state index contributed by atoms with van der Waals surface area (Å²) in [5.41, 5.74) is 3.74. The van der Waals surface area contributed by atoms with E-state index in [1.54, 1.807) is 23.1 Å². The number of rotatable bonds is 3. The van der Waals surface area contributed by atoms with Crippen molar-refractivity contribution in [1.82, 2.24) is 9.88 Å². The van der Waals surface area contributed by atoms with Crippen molar-refractivity contribution >= 4 is 22.8 Å². The first-order valence-corrected chi connectivity index (χ1v) is 10.5.